The second-order valence-corrected chi connectivity index (χ2v) is 5.70. The number of hydrogen-bond donors (Lipinski definition) is 2. The maximum absolute atomic E-state index is 11.9. The van der Waals surface area contributed by atoms with E-state index in [1.54, 1.807) is 25.3 Å². The Labute approximate surface area is 146 Å². The zero-order chi connectivity index (χ0) is 17.5. The minimum Gasteiger partial charge on any atom is -0.497 e. The van der Waals surface area contributed by atoms with Crippen LogP contribution in [-0.4, -0.2) is 25.5 Å². The molecule has 0 saturated carbocycles. The molecule has 0 saturated heterocycles. The predicted molar refractivity (Wildman–Crippen MR) is 94.5 cm³/mol. The van der Waals surface area contributed by atoms with Gasteiger partial charge in [-0.15, -0.1) is 0 Å². The number of rotatable bonds is 5. The molecule has 0 aliphatic rings. The number of hydrogen-bond acceptors (Lipinski definition) is 3. The zero-order valence-electron chi connectivity index (χ0n) is 13.6. The van der Waals surface area contributed by atoms with Crippen molar-refractivity contribution in [2.24, 2.45) is 0 Å². The van der Waals surface area contributed by atoms with Crippen LogP contribution in [0.3, 0.4) is 0 Å². The van der Waals surface area contributed by atoms with Gasteiger partial charge < -0.3 is 15.4 Å². The second kappa shape index (κ2) is 8.36. The fraction of sp³-hybridized carbons (Fsp3) is 0.222. The van der Waals surface area contributed by atoms with Crippen LogP contribution >= 0.6 is 11.6 Å². The van der Waals surface area contributed by atoms with E-state index in [9.17, 15) is 9.59 Å². The Hall–Kier alpha value is -2.53. The lowest BCUT2D eigenvalue weighted by molar-refractivity contribution is -0.136. The topological polar surface area (TPSA) is 67.4 Å². The van der Waals surface area contributed by atoms with Crippen LogP contribution in [0.1, 0.15) is 11.1 Å². The fourth-order valence-electron chi connectivity index (χ4n) is 2.14. The Morgan fingerprint density at radius 2 is 1.79 bits per heavy atom. The fourth-order valence-corrected chi connectivity index (χ4v) is 2.37. The molecule has 0 bridgehead atoms. The Morgan fingerprint density at radius 1 is 1.08 bits per heavy atom. The average molecular weight is 347 g/mol. The van der Waals surface area contributed by atoms with E-state index in [0.717, 1.165) is 16.9 Å². The smallest absolute Gasteiger partial charge is 0.313 e. The van der Waals surface area contributed by atoms with Crippen LogP contribution in [0.2, 0.25) is 5.02 Å². The third-order valence-corrected chi connectivity index (χ3v) is 3.74. The van der Waals surface area contributed by atoms with Gasteiger partial charge in [0.25, 0.3) is 0 Å². The summed E-state index contributed by atoms with van der Waals surface area (Å²) < 4.78 is 5.09. The summed E-state index contributed by atoms with van der Waals surface area (Å²) in [5.41, 5.74) is 2.40. The van der Waals surface area contributed by atoms with Gasteiger partial charge in [0.2, 0.25) is 0 Å². The van der Waals surface area contributed by atoms with E-state index >= 15 is 0 Å². The molecule has 0 atom stereocenters. The summed E-state index contributed by atoms with van der Waals surface area (Å²) in [6.45, 7) is 2.18. The molecule has 0 radical (unpaired) electrons. The first-order valence-electron chi connectivity index (χ1n) is 7.48. The molecular formula is C18H19ClN2O3. The maximum Gasteiger partial charge on any atom is 0.313 e. The Balaban J connectivity index is 1.81. The van der Waals surface area contributed by atoms with Gasteiger partial charge in [0, 0.05) is 17.3 Å². The number of halogens is 1. The van der Waals surface area contributed by atoms with Crippen molar-refractivity contribution in [3.63, 3.8) is 0 Å². The molecule has 0 spiro atoms. The molecule has 2 aromatic carbocycles. The van der Waals surface area contributed by atoms with E-state index in [1.807, 2.05) is 31.2 Å². The second-order valence-electron chi connectivity index (χ2n) is 5.27. The van der Waals surface area contributed by atoms with Gasteiger partial charge in [-0.3, -0.25) is 9.59 Å². The molecule has 126 valence electrons. The Morgan fingerprint density at radius 3 is 2.42 bits per heavy atom. The summed E-state index contributed by atoms with van der Waals surface area (Å²) in [5.74, 6) is -0.589. The molecule has 0 heterocycles. The van der Waals surface area contributed by atoms with Crippen molar-refractivity contribution in [2.45, 2.75) is 13.3 Å². The van der Waals surface area contributed by atoms with Crippen LogP contribution in [0.15, 0.2) is 42.5 Å². The Kier molecular flexibility index (Phi) is 6.21. The van der Waals surface area contributed by atoms with Crippen LogP contribution in [0.25, 0.3) is 0 Å². The number of carbonyl (C=O) groups is 2. The van der Waals surface area contributed by atoms with Crippen molar-refractivity contribution in [3.8, 4) is 5.75 Å². The van der Waals surface area contributed by atoms with Gasteiger partial charge in [0.05, 0.1) is 7.11 Å². The van der Waals surface area contributed by atoms with E-state index in [-0.39, 0.29) is 0 Å². The standard InChI is InChI=1S/C18H19ClN2O3/c1-12-11-14(19)5-8-16(12)21-18(23)17(22)20-10-9-13-3-6-15(24-2)7-4-13/h3-8,11H,9-10H2,1-2H3,(H,20,22)(H,21,23). The Bertz CT molecular complexity index is 730. The molecule has 0 aromatic heterocycles. The molecule has 0 fully saturated rings. The summed E-state index contributed by atoms with van der Waals surface area (Å²) in [5, 5.41) is 5.76. The number of aryl methyl sites for hydroxylation is 1. The van der Waals surface area contributed by atoms with E-state index in [1.165, 1.54) is 0 Å². The van der Waals surface area contributed by atoms with E-state index in [0.29, 0.717) is 23.7 Å². The SMILES string of the molecule is COc1ccc(CCNC(=O)C(=O)Nc2ccc(Cl)cc2C)cc1. The average Bonchev–Trinajstić information content (AvgIpc) is 2.57. The third kappa shape index (κ3) is 4.99. The van der Waals surface area contributed by atoms with E-state index in [2.05, 4.69) is 10.6 Å². The molecule has 0 aliphatic carbocycles. The summed E-state index contributed by atoms with van der Waals surface area (Å²) in [6, 6.07) is 12.6. The van der Waals surface area contributed by atoms with Gasteiger partial charge in [-0.25, -0.2) is 0 Å². The molecule has 2 rings (SSSR count). The number of anilines is 1. The lowest BCUT2D eigenvalue weighted by atomic mass is 10.1. The molecule has 0 unspecified atom stereocenters. The number of methoxy groups -OCH3 is 1. The van der Waals surface area contributed by atoms with Crippen molar-refractivity contribution < 1.29 is 14.3 Å². The highest BCUT2D eigenvalue weighted by Gasteiger charge is 2.14. The maximum atomic E-state index is 11.9. The minimum absolute atomic E-state index is 0.373. The van der Waals surface area contributed by atoms with Gasteiger partial charge in [-0.05, 0) is 54.8 Å². The highest BCUT2D eigenvalue weighted by Crippen LogP contribution is 2.19. The summed E-state index contributed by atoms with van der Waals surface area (Å²) in [6.07, 6.45) is 0.628. The van der Waals surface area contributed by atoms with E-state index < -0.39 is 11.8 Å². The molecule has 2 aromatic rings. The van der Waals surface area contributed by atoms with Crippen LogP contribution in [0.4, 0.5) is 5.69 Å². The van der Waals surface area contributed by atoms with Gasteiger partial charge in [-0.2, -0.15) is 0 Å². The highest BCUT2D eigenvalue weighted by molar-refractivity contribution is 6.39. The van der Waals surface area contributed by atoms with Gasteiger partial charge in [0.15, 0.2) is 0 Å². The first-order valence-corrected chi connectivity index (χ1v) is 7.85. The first-order chi connectivity index (χ1) is 11.5. The molecule has 2 amide bonds. The van der Waals surface area contributed by atoms with Gasteiger partial charge in [0.1, 0.15) is 5.75 Å². The molecular weight excluding hydrogens is 328 g/mol. The normalized spacial score (nSPS) is 10.1. The minimum atomic E-state index is -0.699. The van der Waals surface area contributed by atoms with Crippen molar-refractivity contribution in [1.82, 2.24) is 5.32 Å². The molecule has 0 aliphatic heterocycles. The van der Waals surface area contributed by atoms with Crippen molar-refractivity contribution in [2.75, 3.05) is 19.0 Å². The molecule has 5 nitrogen and oxygen atoms in total. The van der Waals surface area contributed by atoms with Crippen molar-refractivity contribution in [3.05, 3.63) is 58.6 Å². The predicted octanol–water partition coefficient (Wildman–Crippen LogP) is 2.95. The number of ether oxygens (including phenoxy) is 1. The van der Waals surface area contributed by atoms with Crippen molar-refractivity contribution >= 4 is 29.1 Å². The quantitative estimate of drug-likeness (QED) is 0.818. The highest BCUT2D eigenvalue weighted by atomic mass is 35.5. The molecule has 24 heavy (non-hydrogen) atoms. The van der Waals surface area contributed by atoms with Crippen molar-refractivity contribution in [1.29, 1.82) is 0 Å². The summed E-state index contributed by atoms with van der Waals surface area (Å²) in [4.78, 5) is 23.7. The van der Waals surface area contributed by atoms with Gasteiger partial charge >= 0.3 is 11.8 Å². The van der Waals surface area contributed by atoms with Crippen LogP contribution in [0.5, 0.6) is 5.75 Å². The van der Waals surface area contributed by atoms with Gasteiger partial charge in [-0.1, -0.05) is 23.7 Å². The largest absolute Gasteiger partial charge is 0.497 e. The lowest BCUT2D eigenvalue weighted by Crippen LogP contribution is -2.36. The summed E-state index contributed by atoms with van der Waals surface area (Å²) in [7, 11) is 1.61. The van der Waals surface area contributed by atoms with Crippen LogP contribution in [-0.2, 0) is 16.0 Å². The number of nitrogens with one attached hydrogen (secondary N) is 2. The molecule has 2 N–H and O–H groups in total. The van der Waals surface area contributed by atoms with Crippen LogP contribution < -0.4 is 15.4 Å². The van der Waals surface area contributed by atoms with Crippen LogP contribution in [0, 0.1) is 6.92 Å². The first kappa shape index (κ1) is 17.8. The third-order valence-electron chi connectivity index (χ3n) is 3.50. The number of amides is 2. The number of carbonyl (C=O) groups excluding carboxylic acids is 2. The van der Waals surface area contributed by atoms with E-state index in [4.69, 9.17) is 16.3 Å². The number of benzene rings is 2. The molecule has 6 heteroatoms. The monoisotopic (exact) mass is 346 g/mol. The summed E-state index contributed by atoms with van der Waals surface area (Å²) >= 11 is 5.86. The lowest BCUT2D eigenvalue weighted by Gasteiger charge is -2.09. The zero-order valence-corrected chi connectivity index (χ0v) is 14.3.